The van der Waals surface area contributed by atoms with Crippen molar-refractivity contribution in [2.24, 2.45) is 16.6 Å². The van der Waals surface area contributed by atoms with Gasteiger partial charge in [0.15, 0.2) is 5.96 Å². The first kappa shape index (κ1) is 15.1. The number of rotatable bonds is 4. The van der Waals surface area contributed by atoms with E-state index in [9.17, 15) is 0 Å². The molecule has 0 radical (unpaired) electrons. The van der Waals surface area contributed by atoms with Gasteiger partial charge in [-0.1, -0.05) is 12.5 Å². The number of fused-ring (bicyclic) bond motifs is 1. The lowest BCUT2D eigenvalue weighted by Crippen LogP contribution is -2.37. The SMILES string of the molecule is I.NC(=NCc1cn2ccccc2n1)NCC1CCC1. The molecule has 0 bridgehead atoms. The van der Waals surface area contributed by atoms with Gasteiger partial charge in [-0.2, -0.15) is 0 Å². The molecule has 108 valence electrons. The lowest BCUT2D eigenvalue weighted by Gasteiger charge is -2.25. The standard InChI is InChI=1S/C14H19N5.HI/c15-14(16-8-11-4-3-5-11)17-9-12-10-19-7-2-1-6-13(19)18-12;/h1-2,6-7,10-11H,3-5,8-9H2,(H3,15,16,17);1H. The molecule has 1 fully saturated rings. The second-order valence-corrected chi connectivity index (χ2v) is 5.08. The van der Waals surface area contributed by atoms with Crippen molar-refractivity contribution in [2.45, 2.75) is 25.8 Å². The van der Waals surface area contributed by atoms with Crippen molar-refractivity contribution in [3.8, 4) is 0 Å². The Hall–Kier alpha value is -1.31. The molecular formula is C14H20IN5. The third-order valence-electron chi connectivity index (χ3n) is 3.62. The lowest BCUT2D eigenvalue weighted by molar-refractivity contribution is 0.315. The Morgan fingerprint density at radius 3 is 3.00 bits per heavy atom. The van der Waals surface area contributed by atoms with Gasteiger partial charge in [-0.05, 0) is 30.9 Å². The maximum absolute atomic E-state index is 5.85. The molecule has 0 spiro atoms. The van der Waals surface area contributed by atoms with E-state index in [1.807, 2.05) is 35.0 Å². The van der Waals surface area contributed by atoms with Gasteiger partial charge in [-0.15, -0.1) is 24.0 Å². The van der Waals surface area contributed by atoms with Gasteiger partial charge in [0.1, 0.15) is 5.65 Å². The van der Waals surface area contributed by atoms with Crippen LogP contribution in [0.3, 0.4) is 0 Å². The molecule has 20 heavy (non-hydrogen) atoms. The highest BCUT2D eigenvalue weighted by Gasteiger charge is 2.16. The van der Waals surface area contributed by atoms with Crippen LogP contribution in [0.25, 0.3) is 5.65 Å². The number of imidazole rings is 1. The fraction of sp³-hybridized carbons (Fsp3) is 0.429. The normalized spacial score (nSPS) is 15.7. The lowest BCUT2D eigenvalue weighted by atomic mass is 9.85. The van der Waals surface area contributed by atoms with Crippen LogP contribution < -0.4 is 11.1 Å². The highest BCUT2D eigenvalue weighted by Crippen LogP contribution is 2.24. The van der Waals surface area contributed by atoms with Crippen LogP contribution in [0.1, 0.15) is 25.0 Å². The number of nitrogens with two attached hydrogens (primary N) is 1. The predicted molar refractivity (Wildman–Crippen MR) is 91.3 cm³/mol. The molecule has 0 amide bonds. The average molecular weight is 385 g/mol. The summed E-state index contributed by atoms with van der Waals surface area (Å²) >= 11 is 0. The molecule has 6 heteroatoms. The highest BCUT2D eigenvalue weighted by molar-refractivity contribution is 14.0. The summed E-state index contributed by atoms with van der Waals surface area (Å²) in [5.74, 6) is 1.30. The Bertz CT molecular complexity index is 555. The Morgan fingerprint density at radius 2 is 2.30 bits per heavy atom. The molecule has 0 saturated heterocycles. The summed E-state index contributed by atoms with van der Waals surface area (Å²) in [5.41, 5.74) is 7.72. The third kappa shape index (κ3) is 3.62. The van der Waals surface area contributed by atoms with Crippen LogP contribution >= 0.6 is 24.0 Å². The molecule has 5 nitrogen and oxygen atoms in total. The van der Waals surface area contributed by atoms with Crippen molar-refractivity contribution in [3.63, 3.8) is 0 Å². The van der Waals surface area contributed by atoms with Crippen LogP contribution in [0.5, 0.6) is 0 Å². The van der Waals surface area contributed by atoms with Crippen LogP contribution in [0.4, 0.5) is 0 Å². The van der Waals surface area contributed by atoms with Crippen molar-refractivity contribution in [1.29, 1.82) is 0 Å². The number of pyridine rings is 1. The van der Waals surface area contributed by atoms with E-state index >= 15 is 0 Å². The molecule has 1 aliphatic rings. The van der Waals surface area contributed by atoms with Gasteiger partial charge in [0.05, 0.1) is 12.2 Å². The second-order valence-electron chi connectivity index (χ2n) is 5.08. The molecule has 2 aromatic heterocycles. The monoisotopic (exact) mass is 385 g/mol. The summed E-state index contributed by atoms with van der Waals surface area (Å²) < 4.78 is 1.99. The summed E-state index contributed by atoms with van der Waals surface area (Å²) in [6.07, 6.45) is 7.94. The Labute approximate surface area is 135 Å². The molecule has 0 unspecified atom stereocenters. The van der Waals surface area contributed by atoms with E-state index < -0.39 is 0 Å². The maximum Gasteiger partial charge on any atom is 0.188 e. The molecule has 2 heterocycles. The minimum absolute atomic E-state index is 0. The van der Waals surface area contributed by atoms with Crippen molar-refractivity contribution in [3.05, 3.63) is 36.3 Å². The van der Waals surface area contributed by atoms with Crippen LogP contribution in [0.2, 0.25) is 0 Å². The Balaban J connectivity index is 0.00000147. The number of nitrogens with one attached hydrogen (secondary N) is 1. The predicted octanol–water partition coefficient (Wildman–Crippen LogP) is 2.16. The average Bonchev–Trinajstić information content (AvgIpc) is 2.77. The number of hydrogen-bond donors (Lipinski definition) is 2. The van der Waals surface area contributed by atoms with Gasteiger partial charge in [0.2, 0.25) is 0 Å². The highest BCUT2D eigenvalue weighted by atomic mass is 127. The zero-order chi connectivity index (χ0) is 13.1. The molecule has 2 aromatic rings. The first-order valence-electron chi connectivity index (χ1n) is 6.77. The molecule has 0 aromatic carbocycles. The molecular weight excluding hydrogens is 365 g/mol. The summed E-state index contributed by atoms with van der Waals surface area (Å²) in [7, 11) is 0. The molecule has 3 rings (SSSR count). The van der Waals surface area contributed by atoms with E-state index in [-0.39, 0.29) is 24.0 Å². The summed E-state index contributed by atoms with van der Waals surface area (Å²) in [6.45, 7) is 1.46. The first-order valence-corrected chi connectivity index (χ1v) is 6.77. The topological polar surface area (TPSA) is 67.7 Å². The van der Waals surface area contributed by atoms with Gasteiger partial charge >= 0.3 is 0 Å². The number of halogens is 1. The van der Waals surface area contributed by atoms with Gasteiger partial charge < -0.3 is 15.5 Å². The van der Waals surface area contributed by atoms with Crippen molar-refractivity contribution >= 4 is 35.6 Å². The number of aliphatic imine (C=N–C) groups is 1. The van der Waals surface area contributed by atoms with Crippen molar-refractivity contribution in [2.75, 3.05) is 6.54 Å². The minimum atomic E-state index is 0. The van der Waals surface area contributed by atoms with E-state index in [0.717, 1.165) is 23.8 Å². The van der Waals surface area contributed by atoms with Gasteiger partial charge in [0.25, 0.3) is 0 Å². The molecule has 0 aliphatic heterocycles. The van der Waals surface area contributed by atoms with E-state index in [1.165, 1.54) is 19.3 Å². The van der Waals surface area contributed by atoms with Crippen molar-refractivity contribution < 1.29 is 0 Å². The van der Waals surface area contributed by atoms with Crippen LogP contribution in [0.15, 0.2) is 35.6 Å². The zero-order valence-electron chi connectivity index (χ0n) is 11.3. The van der Waals surface area contributed by atoms with Crippen LogP contribution in [-0.2, 0) is 6.54 Å². The molecule has 1 saturated carbocycles. The largest absolute Gasteiger partial charge is 0.370 e. The first-order chi connectivity index (χ1) is 9.31. The summed E-state index contributed by atoms with van der Waals surface area (Å²) in [6, 6.07) is 5.94. The molecule has 3 N–H and O–H groups in total. The van der Waals surface area contributed by atoms with Gasteiger partial charge in [-0.3, -0.25) is 0 Å². The number of guanidine groups is 1. The van der Waals surface area contributed by atoms with Crippen LogP contribution in [-0.4, -0.2) is 21.9 Å². The number of hydrogen-bond acceptors (Lipinski definition) is 2. The summed E-state index contributed by atoms with van der Waals surface area (Å²) in [4.78, 5) is 8.81. The summed E-state index contributed by atoms with van der Waals surface area (Å²) in [5, 5.41) is 3.18. The van der Waals surface area contributed by atoms with Gasteiger partial charge in [0, 0.05) is 18.9 Å². The van der Waals surface area contributed by atoms with E-state index in [1.54, 1.807) is 0 Å². The van der Waals surface area contributed by atoms with Crippen LogP contribution in [0, 0.1) is 5.92 Å². The number of nitrogens with zero attached hydrogens (tertiary/aromatic N) is 3. The quantitative estimate of drug-likeness (QED) is 0.482. The zero-order valence-corrected chi connectivity index (χ0v) is 13.7. The molecule has 0 atom stereocenters. The minimum Gasteiger partial charge on any atom is -0.370 e. The Kier molecular flexibility index (Phi) is 5.22. The van der Waals surface area contributed by atoms with E-state index in [2.05, 4.69) is 15.3 Å². The van der Waals surface area contributed by atoms with Crippen molar-refractivity contribution in [1.82, 2.24) is 14.7 Å². The Morgan fingerprint density at radius 1 is 1.45 bits per heavy atom. The third-order valence-corrected chi connectivity index (χ3v) is 3.62. The molecule has 1 aliphatic carbocycles. The second kappa shape index (κ2) is 6.92. The van der Waals surface area contributed by atoms with E-state index in [0.29, 0.717) is 12.5 Å². The maximum atomic E-state index is 5.85. The fourth-order valence-corrected chi connectivity index (χ4v) is 2.23. The fourth-order valence-electron chi connectivity index (χ4n) is 2.23. The van der Waals surface area contributed by atoms with Gasteiger partial charge in [-0.25, -0.2) is 9.98 Å². The number of aromatic nitrogens is 2. The smallest absolute Gasteiger partial charge is 0.188 e. The van der Waals surface area contributed by atoms with E-state index in [4.69, 9.17) is 5.73 Å².